The number of ether oxygens (including phenoxy) is 1. The number of carbonyl (C=O) groups excluding carboxylic acids is 1. The molecular formula is C10H20N2O2. The van der Waals surface area contributed by atoms with E-state index in [9.17, 15) is 4.79 Å². The van der Waals surface area contributed by atoms with Gasteiger partial charge in [-0.25, -0.2) is 0 Å². The van der Waals surface area contributed by atoms with Crippen molar-refractivity contribution in [2.45, 2.75) is 20.0 Å². The number of hydrogen-bond donors (Lipinski definition) is 2. The summed E-state index contributed by atoms with van der Waals surface area (Å²) in [5.41, 5.74) is 0. The Morgan fingerprint density at radius 3 is 2.86 bits per heavy atom. The maximum Gasteiger partial charge on any atom is 0.234 e. The van der Waals surface area contributed by atoms with Crippen LogP contribution in [0, 0.1) is 0 Å². The molecule has 14 heavy (non-hydrogen) atoms. The maximum absolute atomic E-state index is 11.1. The summed E-state index contributed by atoms with van der Waals surface area (Å²) >= 11 is 0. The van der Waals surface area contributed by atoms with Crippen molar-refractivity contribution in [3.63, 3.8) is 0 Å². The molecule has 0 unspecified atom stereocenters. The molecule has 0 fully saturated rings. The molecule has 0 radical (unpaired) electrons. The van der Waals surface area contributed by atoms with Crippen molar-refractivity contribution < 1.29 is 9.53 Å². The largest absolute Gasteiger partial charge is 0.377 e. The lowest BCUT2D eigenvalue weighted by Crippen LogP contribution is -2.35. The second-order valence-corrected chi connectivity index (χ2v) is 3.19. The zero-order valence-electron chi connectivity index (χ0n) is 9.01. The topological polar surface area (TPSA) is 50.4 Å². The molecule has 0 spiro atoms. The highest BCUT2D eigenvalue weighted by Crippen LogP contribution is 1.84. The Balaban J connectivity index is 3.22. The molecule has 0 rings (SSSR count). The second-order valence-electron chi connectivity index (χ2n) is 3.19. The van der Waals surface area contributed by atoms with Crippen molar-refractivity contribution in [2.24, 2.45) is 0 Å². The van der Waals surface area contributed by atoms with Crippen molar-refractivity contribution in [1.82, 2.24) is 10.6 Å². The van der Waals surface area contributed by atoms with E-state index in [0.717, 1.165) is 0 Å². The monoisotopic (exact) mass is 200 g/mol. The Morgan fingerprint density at radius 2 is 2.29 bits per heavy atom. The number of amides is 1. The minimum atomic E-state index is -0.0146. The number of hydrogen-bond acceptors (Lipinski definition) is 3. The molecule has 4 heteroatoms. The molecule has 4 nitrogen and oxygen atoms in total. The molecule has 0 aliphatic carbocycles. The smallest absolute Gasteiger partial charge is 0.234 e. The normalized spacial score (nSPS) is 10.2. The van der Waals surface area contributed by atoms with Gasteiger partial charge in [0.25, 0.3) is 0 Å². The van der Waals surface area contributed by atoms with Crippen LogP contribution in [0.1, 0.15) is 13.8 Å². The standard InChI is InChI=1S/C10H20N2O2/c1-4-5-11-8-10(13)12-6-7-14-9(2)3/h4,9,11H,1,5-8H2,2-3H3,(H,12,13). The average molecular weight is 200 g/mol. The van der Waals surface area contributed by atoms with Gasteiger partial charge in [-0.1, -0.05) is 6.08 Å². The average Bonchev–Trinajstić information content (AvgIpc) is 2.13. The summed E-state index contributed by atoms with van der Waals surface area (Å²) in [5.74, 6) is -0.0146. The third-order valence-electron chi connectivity index (χ3n) is 1.45. The molecule has 2 N–H and O–H groups in total. The first-order chi connectivity index (χ1) is 6.66. The van der Waals surface area contributed by atoms with Crippen LogP contribution >= 0.6 is 0 Å². The first kappa shape index (κ1) is 13.1. The van der Waals surface area contributed by atoms with E-state index in [4.69, 9.17) is 4.74 Å². The molecule has 0 aliphatic heterocycles. The fraction of sp³-hybridized carbons (Fsp3) is 0.700. The van der Waals surface area contributed by atoms with Gasteiger partial charge in [-0.2, -0.15) is 0 Å². The Bertz CT molecular complexity index is 170. The summed E-state index contributed by atoms with van der Waals surface area (Å²) in [5, 5.41) is 5.65. The van der Waals surface area contributed by atoms with Crippen LogP contribution in [0.3, 0.4) is 0 Å². The molecule has 0 aromatic heterocycles. The van der Waals surface area contributed by atoms with Crippen LogP contribution in [0.2, 0.25) is 0 Å². The highest BCUT2D eigenvalue weighted by Gasteiger charge is 1.98. The minimum Gasteiger partial charge on any atom is -0.377 e. The maximum atomic E-state index is 11.1. The Kier molecular flexibility index (Phi) is 8.17. The molecule has 0 aromatic rings. The molecule has 0 bridgehead atoms. The van der Waals surface area contributed by atoms with Crippen molar-refractivity contribution in [3.05, 3.63) is 12.7 Å². The molecule has 0 heterocycles. The van der Waals surface area contributed by atoms with Gasteiger partial charge in [0.2, 0.25) is 5.91 Å². The van der Waals surface area contributed by atoms with E-state index in [2.05, 4.69) is 17.2 Å². The molecule has 0 aromatic carbocycles. The quantitative estimate of drug-likeness (QED) is 0.438. The van der Waals surface area contributed by atoms with E-state index in [0.29, 0.717) is 26.2 Å². The third-order valence-corrected chi connectivity index (χ3v) is 1.45. The molecule has 0 atom stereocenters. The van der Waals surface area contributed by atoms with Gasteiger partial charge < -0.3 is 15.4 Å². The molecular weight excluding hydrogens is 180 g/mol. The van der Waals surface area contributed by atoms with Gasteiger partial charge in [0.1, 0.15) is 0 Å². The van der Waals surface area contributed by atoms with Gasteiger partial charge in [-0.15, -0.1) is 6.58 Å². The zero-order chi connectivity index (χ0) is 10.8. The Morgan fingerprint density at radius 1 is 1.57 bits per heavy atom. The van der Waals surface area contributed by atoms with Gasteiger partial charge in [0.15, 0.2) is 0 Å². The number of nitrogens with one attached hydrogen (secondary N) is 2. The lowest BCUT2D eigenvalue weighted by Gasteiger charge is -2.08. The first-order valence-electron chi connectivity index (χ1n) is 4.86. The molecule has 0 saturated heterocycles. The predicted molar refractivity (Wildman–Crippen MR) is 57.2 cm³/mol. The molecule has 0 saturated carbocycles. The molecule has 1 amide bonds. The fourth-order valence-corrected chi connectivity index (χ4v) is 0.835. The van der Waals surface area contributed by atoms with E-state index < -0.39 is 0 Å². The lowest BCUT2D eigenvalue weighted by molar-refractivity contribution is -0.120. The minimum absolute atomic E-state index is 0.0146. The van der Waals surface area contributed by atoms with E-state index in [1.165, 1.54) is 0 Å². The van der Waals surface area contributed by atoms with Crippen molar-refractivity contribution in [3.8, 4) is 0 Å². The lowest BCUT2D eigenvalue weighted by atomic mass is 10.5. The van der Waals surface area contributed by atoms with E-state index in [1.807, 2.05) is 13.8 Å². The van der Waals surface area contributed by atoms with E-state index in [1.54, 1.807) is 6.08 Å². The van der Waals surface area contributed by atoms with Crippen LogP contribution in [-0.2, 0) is 9.53 Å². The predicted octanol–water partition coefficient (Wildman–Crippen LogP) is 0.303. The first-order valence-corrected chi connectivity index (χ1v) is 4.86. The van der Waals surface area contributed by atoms with Crippen molar-refractivity contribution in [2.75, 3.05) is 26.2 Å². The van der Waals surface area contributed by atoms with Crippen LogP contribution in [0.4, 0.5) is 0 Å². The molecule has 0 aliphatic rings. The Hall–Kier alpha value is -0.870. The van der Waals surface area contributed by atoms with Crippen LogP contribution < -0.4 is 10.6 Å². The SMILES string of the molecule is C=CCNCC(=O)NCCOC(C)C. The summed E-state index contributed by atoms with van der Waals surface area (Å²) < 4.78 is 5.27. The van der Waals surface area contributed by atoms with Crippen LogP contribution in [0.25, 0.3) is 0 Å². The van der Waals surface area contributed by atoms with E-state index >= 15 is 0 Å². The summed E-state index contributed by atoms with van der Waals surface area (Å²) in [6, 6.07) is 0. The number of carbonyl (C=O) groups is 1. The Labute approximate surface area is 85.7 Å². The second kappa shape index (κ2) is 8.72. The highest BCUT2D eigenvalue weighted by atomic mass is 16.5. The summed E-state index contributed by atoms with van der Waals surface area (Å²) in [4.78, 5) is 11.1. The summed E-state index contributed by atoms with van der Waals surface area (Å²) in [6.07, 6.45) is 1.93. The zero-order valence-corrected chi connectivity index (χ0v) is 9.01. The van der Waals surface area contributed by atoms with Gasteiger partial charge >= 0.3 is 0 Å². The van der Waals surface area contributed by atoms with Crippen molar-refractivity contribution in [1.29, 1.82) is 0 Å². The van der Waals surface area contributed by atoms with Gasteiger partial charge in [-0.05, 0) is 13.8 Å². The fourth-order valence-electron chi connectivity index (χ4n) is 0.835. The van der Waals surface area contributed by atoms with E-state index in [-0.39, 0.29) is 12.0 Å². The van der Waals surface area contributed by atoms with Gasteiger partial charge in [0, 0.05) is 13.1 Å². The highest BCUT2D eigenvalue weighted by molar-refractivity contribution is 5.77. The summed E-state index contributed by atoms with van der Waals surface area (Å²) in [7, 11) is 0. The third kappa shape index (κ3) is 9.22. The number of rotatable bonds is 8. The van der Waals surface area contributed by atoms with Gasteiger partial charge in [-0.3, -0.25) is 4.79 Å². The van der Waals surface area contributed by atoms with Crippen LogP contribution in [-0.4, -0.2) is 38.3 Å². The van der Waals surface area contributed by atoms with Gasteiger partial charge in [0.05, 0.1) is 19.3 Å². The molecule has 82 valence electrons. The van der Waals surface area contributed by atoms with Crippen molar-refractivity contribution >= 4 is 5.91 Å². The summed E-state index contributed by atoms with van der Waals surface area (Å²) in [6.45, 7) is 9.57. The van der Waals surface area contributed by atoms with Crippen LogP contribution in [0.15, 0.2) is 12.7 Å². The van der Waals surface area contributed by atoms with Crippen LogP contribution in [0.5, 0.6) is 0 Å².